The van der Waals surface area contributed by atoms with Crippen LogP contribution in [0.2, 0.25) is 0 Å². The highest BCUT2D eigenvalue weighted by Gasteiger charge is 2.31. The Morgan fingerprint density at radius 3 is 0.969 bits per heavy atom. The van der Waals surface area contributed by atoms with Gasteiger partial charge in [-0.25, -0.2) is 0 Å². The van der Waals surface area contributed by atoms with E-state index in [9.17, 15) is 0 Å². The van der Waals surface area contributed by atoms with Crippen molar-refractivity contribution in [3.8, 4) is 17.2 Å². The molecule has 0 aliphatic carbocycles. The van der Waals surface area contributed by atoms with E-state index in [1.54, 1.807) is 0 Å². The Labute approximate surface area is 188 Å². The lowest BCUT2D eigenvalue weighted by atomic mass is 9.71. The van der Waals surface area contributed by atoms with Crippen LogP contribution in [-0.4, -0.2) is 55.0 Å². The molecule has 0 unspecified atom stereocenters. The molecular formula is C26H30O6. The highest BCUT2D eigenvalue weighted by molar-refractivity contribution is 5.52. The molecule has 3 N–H and O–H groups in total. The molecule has 0 bridgehead atoms. The molecule has 3 rings (SSSR count). The Morgan fingerprint density at radius 1 is 0.500 bits per heavy atom. The Kier molecular flexibility index (Phi) is 8.50. The normalized spacial score (nSPS) is 11.2. The van der Waals surface area contributed by atoms with Gasteiger partial charge in [0.2, 0.25) is 0 Å². The fourth-order valence-corrected chi connectivity index (χ4v) is 3.64. The van der Waals surface area contributed by atoms with Crippen LogP contribution >= 0.6 is 0 Å². The lowest BCUT2D eigenvalue weighted by molar-refractivity contribution is 0.201. The largest absolute Gasteiger partial charge is 0.491 e. The number of aliphatic hydroxyl groups excluding tert-OH is 3. The first kappa shape index (κ1) is 23.6. The van der Waals surface area contributed by atoms with Crippen molar-refractivity contribution in [3.63, 3.8) is 0 Å². The molecule has 0 amide bonds. The second-order valence-corrected chi connectivity index (χ2v) is 7.41. The second-order valence-electron chi connectivity index (χ2n) is 7.41. The first-order valence-electron chi connectivity index (χ1n) is 10.6. The highest BCUT2D eigenvalue weighted by atomic mass is 16.5. The van der Waals surface area contributed by atoms with Crippen LogP contribution in [0.5, 0.6) is 17.2 Å². The maximum absolute atomic E-state index is 8.99. The Balaban J connectivity index is 1.98. The van der Waals surface area contributed by atoms with E-state index in [1.807, 2.05) is 72.8 Å². The maximum atomic E-state index is 8.99. The minimum atomic E-state index is -0.472. The third-order valence-electron chi connectivity index (χ3n) is 5.38. The molecule has 0 aliphatic rings. The zero-order chi connectivity index (χ0) is 22.8. The molecule has 0 aromatic heterocycles. The van der Waals surface area contributed by atoms with Crippen molar-refractivity contribution in [1.82, 2.24) is 0 Å². The third kappa shape index (κ3) is 5.59. The fraction of sp³-hybridized carbons (Fsp3) is 0.308. The van der Waals surface area contributed by atoms with Crippen molar-refractivity contribution in [2.45, 2.75) is 12.3 Å². The number of rotatable bonds is 12. The van der Waals surface area contributed by atoms with Crippen LogP contribution < -0.4 is 14.2 Å². The van der Waals surface area contributed by atoms with Crippen molar-refractivity contribution in [2.75, 3.05) is 39.6 Å². The fourth-order valence-electron chi connectivity index (χ4n) is 3.64. The van der Waals surface area contributed by atoms with Gasteiger partial charge in [-0.15, -0.1) is 0 Å². The van der Waals surface area contributed by atoms with E-state index in [0.29, 0.717) is 17.2 Å². The predicted octanol–water partition coefficient (Wildman–Crippen LogP) is 3.15. The van der Waals surface area contributed by atoms with Crippen LogP contribution in [0.25, 0.3) is 0 Å². The Morgan fingerprint density at radius 2 is 0.750 bits per heavy atom. The topological polar surface area (TPSA) is 88.4 Å². The van der Waals surface area contributed by atoms with Crippen LogP contribution in [0, 0.1) is 0 Å². The first-order valence-corrected chi connectivity index (χ1v) is 10.6. The Bertz CT molecular complexity index is 810. The quantitative estimate of drug-likeness (QED) is 0.377. The summed E-state index contributed by atoms with van der Waals surface area (Å²) in [4.78, 5) is 0. The van der Waals surface area contributed by atoms with Crippen molar-refractivity contribution >= 4 is 0 Å². The lowest BCUT2D eigenvalue weighted by Crippen LogP contribution is -2.25. The van der Waals surface area contributed by atoms with E-state index in [0.717, 1.165) is 16.7 Å². The van der Waals surface area contributed by atoms with Crippen LogP contribution in [-0.2, 0) is 5.41 Å². The molecule has 6 heteroatoms. The molecule has 0 saturated carbocycles. The van der Waals surface area contributed by atoms with Gasteiger partial charge in [-0.1, -0.05) is 36.4 Å². The summed E-state index contributed by atoms with van der Waals surface area (Å²) in [5.74, 6) is 2.10. The summed E-state index contributed by atoms with van der Waals surface area (Å²) in [6.07, 6.45) is 0. The molecule has 32 heavy (non-hydrogen) atoms. The summed E-state index contributed by atoms with van der Waals surface area (Å²) >= 11 is 0. The molecule has 6 nitrogen and oxygen atoms in total. The average Bonchev–Trinajstić information content (AvgIpc) is 2.85. The number of hydrogen-bond donors (Lipinski definition) is 3. The number of hydrogen-bond acceptors (Lipinski definition) is 6. The second kappa shape index (κ2) is 11.5. The van der Waals surface area contributed by atoms with E-state index in [-0.39, 0.29) is 39.6 Å². The number of ether oxygens (including phenoxy) is 3. The SMILES string of the molecule is CC(c1ccc(OCCO)cc1)(c1ccc(OCCO)cc1)c1ccc(OCCO)cc1. The van der Waals surface area contributed by atoms with E-state index in [1.165, 1.54) is 0 Å². The molecule has 0 atom stereocenters. The van der Waals surface area contributed by atoms with Crippen LogP contribution in [0.1, 0.15) is 23.6 Å². The van der Waals surface area contributed by atoms with Crippen LogP contribution in [0.4, 0.5) is 0 Å². The summed E-state index contributed by atoms with van der Waals surface area (Å²) in [5, 5.41) is 27.0. The first-order chi connectivity index (χ1) is 15.6. The smallest absolute Gasteiger partial charge is 0.119 e. The summed E-state index contributed by atoms with van der Waals surface area (Å²) < 4.78 is 16.6. The number of benzene rings is 3. The van der Waals surface area contributed by atoms with Crippen LogP contribution in [0.3, 0.4) is 0 Å². The third-order valence-corrected chi connectivity index (χ3v) is 5.38. The molecule has 3 aromatic rings. The summed E-state index contributed by atoms with van der Waals surface area (Å²) in [6.45, 7) is 2.81. The van der Waals surface area contributed by atoms with Gasteiger partial charge in [0, 0.05) is 5.41 Å². The minimum absolute atomic E-state index is 0.0329. The van der Waals surface area contributed by atoms with Gasteiger partial charge in [0.15, 0.2) is 0 Å². The van der Waals surface area contributed by atoms with E-state index in [4.69, 9.17) is 29.5 Å². The summed E-state index contributed by atoms with van der Waals surface area (Å²) in [6, 6.07) is 23.6. The molecular weight excluding hydrogens is 408 g/mol. The molecule has 0 heterocycles. The molecule has 0 saturated heterocycles. The molecule has 0 spiro atoms. The minimum Gasteiger partial charge on any atom is -0.491 e. The van der Waals surface area contributed by atoms with Gasteiger partial charge in [0.05, 0.1) is 19.8 Å². The summed E-state index contributed by atoms with van der Waals surface area (Å²) in [5.41, 5.74) is 2.74. The standard InChI is InChI=1S/C26H30O6/c1-26(20-2-8-23(9-3-20)30-17-14-27,21-4-10-24(11-5-21)31-18-15-28)22-6-12-25(13-7-22)32-19-16-29/h2-13,27-29H,14-19H2,1H3. The van der Waals surface area contributed by atoms with Crippen molar-refractivity contribution in [3.05, 3.63) is 89.5 Å². The van der Waals surface area contributed by atoms with Gasteiger partial charge in [0.25, 0.3) is 0 Å². The molecule has 3 aromatic carbocycles. The van der Waals surface area contributed by atoms with Crippen LogP contribution in [0.15, 0.2) is 72.8 Å². The van der Waals surface area contributed by atoms with Gasteiger partial charge in [0.1, 0.15) is 37.1 Å². The van der Waals surface area contributed by atoms with Gasteiger partial charge in [-0.3, -0.25) is 0 Å². The monoisotopic (exact) mass is 438 g/mol. The van der Waals surface area contributed by atoms with Gasteiger partial charge in [-0.05, 0) is 60.0 Å². The molecule has 0 fully saturated rings. The van der Waals surface area contributed by atoms with E-state index < -0.39 is 5.41 Å². The van der Waals surface area contributed by atoms with E-state index in [2.05, 4.69) is 6.92 Å². The van der Waals surface area contributed by atoms with Crippen molar-refractivity contribution in [1.29, 1.82) is 0 Å². The summed E-state index contributed by atoms with van der Waals surface area (Å²) in [7, 11) is 0. The molecule has 0 radical (unpaired) electrons. The highest BCUT2D eigenvalue weighted by Crippen LogP contribution is 2.40. The van der Waals surface area contributed by atoms with Crippen molar-refractivity contribution < 1.29 is 29.5 Å². The van der Waals surface area contributed by atoms with Crippen molar-refractivity contribution in [2.24, 2.45) is 0 Å². The zero-order valence-electron chi connectivity index (χ0n) is 18.2. The molecule has 170 valence electrons. The Hall–Kier alpha value is -3.06. The zero-order valence-corrected chi connectivity index (χ0v) is 18.2. The number of aliphatic hydroxyl groups is 3. The van der Waals surface area contributed by atoms with Gasteiger partial charge < -0.3 is 29.5 Å². The average molecular weight is 439 g/mol. The maximum Gasteiger partial charge on any atom is 0.119 e. The van der Waals surface area contributed by atoms with Gasteiger partial charge >= 0.3 is 0 Å². The lowest BCUT2D eigenvalue weighted by Gasteiger charge is -2.32. The molecule has 0 aliphatic heterocycles. The van der Waals surface area contributed by atoms with E-state index >= 15 is 0 Å². The van der Waals surface area contributed by atoms with Gasteiger partial charge in [-0.2, -0.15) is 0 Å². The predicted molar refractivity (Wildman–Crippen MR) is 123 cm³/mol.